The van der Waals surface area contributed by atoms with Crippen LogP contribution in [0.3, 0.4) is 0 Å². The van der Waals surface area contributed by atoms with Gasteiger partial charge in [0, 0.05) is 5.54 Å². The summed E-state index contributed by atoms with van der Waals surface area (Å²) in [6.07, 6.45) is 2.25. The third-order valence-electron chi connectivity index (χ3n) is 2.84. The van der Waals surface area contributed by atoms with E-state index in [0.29, 0.717) is 11.7 Å². The van der Waals surface area contributed by atoms with Crippen LogP contribution in [0.1, 0.15) is 39.7 Å². The maximum atomic E-state index is 9.20. The summed E-state index contributed by atoms with van der Waals surface area (Å²) in [5, 5.41) is 12.7. The lowest BCUT2D eigenvalue weighted by molar-refractivity contribution is 0.372. The topological polar surface area (TPSA) is 32.3 Å². The van der Waals surface area contributed by atoms with E-state index < -0.39 is 0 Å². The fourth-order valence-corrected chi connectivity index (χ4v) is 1.66. The highest BCUT2D eigenvalue weighted by atomic mass is 16.3. The lowest BCUT2D eigenvalue weighted by atomic mass is 9.99. The Hall–Kier alpha value is -1.02. The van der Waals surface area contributed by atoms with E-state index in [4.69, 9.17) is 0 Å². The average molecular weight is 235 g/mol. The zero-order valence-corrected chi connectivity index (χ0v) is 11.5. The van der Waals surface area contributed by atoms with Crippen LogP contribution in [0.2, 0.25) is 0 Å². The van der Waals surface area contributed by atoms with Crippen LogP contribution in [0.5, 0.6) is 5.75 Å². The Balaban J connectivity index is 2.28. The Morgan fingerprint density at radius 2 is 1.76 bits per heavy atom. The third-order valence-corrected chi connectivity index (χ3v) is 2.84. The van der Waals surface area contributed by atoms with Crippen LogP contribution in [0.4, 0.5) is 0 Å². The maximum absolute atomic E-state index is 9.20. The highest BCUT2D eigenvalue weighted by molar-refractivity contribution is 5.25. The van der Waals surface area contributed by atoms with Crippen LogP contribution < -0.4 is 5.32 Å². The lowest BCUT2D eigenvalue weighted by Gasteiger charge is -2.23. The van der Waals surface area contributed by atoms with Crippen molar-refractivity contribution in [2.24, 2.45) is 5.92 Å². The van der Waals surface area contributed by atoms with Gasteiger partial charge in [-0.2, -0.15) is 0 Å². The molecule has 96 valence electrons. The molecule has 0 radical (unpaired) electrons. The number of aromatic hydroxyl groups is 1. The predicted octanol–water partition coefficient (Wildman–Crippen LogP) is 3.35. The molecule has 0 bridgehead atoms. The molecule has 0 aliphatic rings. The first-order chi connectivity index (χ1) is 7.87. The van der Waals surface area contributed by atoms with Gasteiger partial charge < -0.3 is 10.4 Å². The van der Waals surface area contributed by atoms with E-state index in [-0.39, 0.29) is 5.54 Å². The predicted molar refractivity (Wildman–Crippen MR) is 73.3 cm³/mol. The van der Waals surface area contributed by atoms with Crippen LogP contribution in [0, 0.1) is 5.92 Å². The van der Waals surface area contributed by atoms with Gasteiger partial charge in [-0.1, -0.05) is 19.1 Å². The summed E-state index contributed by atoms with van der Waals surface area (Å²) in [6.45, 7) is 9.92. The maximum Gasteiger partial charge on any atom is 0.115 e. The number of rotatable bonds is 5. The molecule has 2 nitrogen and oxygen atoms in total. The lowest BCUT2D eigenvalue weighted by Crippen LogP contribution is -2.38. The highest BCUT2D eigenvalue weighted by Crippen LogP contribution is 2.14. The molecule has 0 heterocycles. The minimum Gasteiger partial charge on any atom is -0.508 e. The number of phenolic OH excluding ortho intramolecular Hbond substituents is 1. The first kappa shape index (κ1) is 14.0. The Bertz CT molecular complexity index is 324. The number of aryl methyl sites for hydroxylation is 1. The third kappa shape index (κ3) is 6.32. The summed E-state index contributed by atoms with van der Waals surface area (Å²) in [5.74, 6) is 1.01. The second-order valence-corrected chi connectivity index (χ2v) is 5.94. The molecule has 0 saturated heterocycles. The molecule has 0 aliphatic carbocycles. The van der Waals surface area contributed by atoms with Gasteiger partial charge in [-0.05, 0) is 63.8 Å². The van der Waals surface area contributed by atoms with Gasteiger partial charge in [-0.25, -0.2) is 0 Å². The van der Waals surface area contributed by atoms with E-state index >= 15 is 0 Å². The zero-order chi connectivity index (χ0) is 12.9. The van der Waals surface area contributed by atoms with Crippen molar-refractivity contribution in [3.63, 3.8) is 0 Å². The molecular weight excluding hydrogens is 210 g/mol. The summed E-state index contributed by atoms with van der Waals surface area (Å²) in [4.78, 5) is 0. The van der Waals surface area contributed by atoms with Crippen molar-refractivity contribution in [3.8, 4) is 5.75 Å². The molecule has 2 heteroatoms. The number of hydrogen-bond acceptors (Lipinski definition) is 2. The van der Waals surface area contributed by atoms with Crippen LogP contribution >= 0.6 is 0 Å². The van der Waals surface area contributed by atoms with E-state index in [1.165, 1.54) is 12.0 Å². The van der Waals surface area contributed by atoms with E-state index in [0.717, 1.165) is 13.0 Å². The second kappa shape index (κ2) is 6.06. The molecule has 0 aliphatic heterocycles. The van der Waals surface area contributed by atoms with E-state index in [9.17, 15) is 5.11 Å². The summed E-state index contributed by atoms with van der Waals surface area (Å²) >= 11 is 0. The summed E-state index contributed by atoms with van der Waals surface area (Å²) in [5.41, 5.74) is 1.50. The molecule has 0 amide bonds. The molecule has 0 saturated carbocycles. The Morgan fingerprint density at radius 1 is 1.18 bits per heavy atom. The van der Waals surface area contributed by atoms with Gasteiger partial charge in [-0.3, -0.25) is 0 Å². The Kier molecular flexibility index (Phi) is 5.01. The number of nitrogens with one attached hydrogen (secondary N) is 1. The molecule has 1 aromatic rings. The summed E-state index contributed by atoms with van der Waals surface area (Å²) in [6, 6.07) is 7.51. The van der Waals surface area contributed by atoms with Crippen molar-refractivity contribution in [3.05, 3.63) is 29.8 Å². The first-order valence-electron chi connectivity index (χ1n) is 6.40. The molecule has 1 aromatic carbocycles. The standard InChI is InChI=1S/C15H25NO/c1-12(11-16-15(2,3)4)5-6-13-7-9-14(17)10-8-13/h7-10,12,16-17H,5-6,11H2,1-4H3. The van der Waals surface area contributed by atoms with Gasteiger partial charge in [0.25, 0.3) is 0 Å². The van der Waals surface area contributed by atoms with Crippen LogP contribution in [0.25, 0.3) is 0 Å². The monoisotopic (exact) mass is 235 g/mol. The Labute approximate surface area is 105 Å². The van der Waals surface area contributed by atoms with Gasteiger partial charge in [0.15, 0.2) is 0 Å². The fraction of sp³-hybridized carbons (Fsp3) is 0.600. The molecule has 17 heavy (non-hydrogen) atoms. The molecule has 1 unspecified atom stereocenters. The molecule has 0 fully saturated rings. The SMILES string of the molecule is CC(CCc1ccc(O)cc1)CNC(C)(C)C. The molecule has 0 spiro atoms. The minimum atomic E-state index is 0.201. The van der Waals surface area contributed by atoms with E-state index in [2.05, 4.69) is 33.0 Å². The first-order valence-corrected chi connectivity index (χ1v) is 6.40. The second-order valence-electron chi connectivity index (χ2n) is 5.94. The smallest absolute Gasteiger partial charge is 0.115 e. The number of phenols is 1. The van der Waals surface area contributed by atoms with Crippen LogP contribution in [0.15, 0.2) is 24.3 Å². The van der Waals surface area contributed by atoms with Crippen LogP contribution in [-0.4, -0.2) is 17.2 Å². The van der Waals surface area contributed by atoms with E-state index in [1.807, 2.05) is 12.1 Å². The van der Waals surface area contributed by atoms with Crippen molar-refractivity contribution in [2.75, 3.05) is 6.54 Å². The van der Waals surface area contributed by atoms with Crippen molar-refractivity contribution in [1.82, 2.24) is 5.32 Å². The normalized spacial score (nSPS) is 13.6. The molecule has 1 rings (SSSR count). The molecular formula is C15H25NO. The van der Waals surface area contributed by atoms with Gasteiger partial charge in [-0.15, -0.1) is 0 Å². The molecule has 1 atom stereocenters. The Morgan fingerprint density at radius 3 is 2.29 bits per heavy atom. The summed E-state index contributed by atoms with van der Waals surface area (Å²) in [7, 11) is 0. The van der Waals surface area contributed by atoms with Gasteiger partial charge in [0.05, 0.1) is 0 Å². The van der Waals surface area contributed by atoms with Gasteiger partial charge in [0.1, 0.15) is 5.75 Å². The minimum absolute atomic E-state index is 0.201. The van der Waals surface area contributed by atoms with Crippen molar-refractivity contribution < 1.29 is 5.11 Å². The zero-order valence-electron chi connectivity index (χ0n) is 11.5. The van der Waals surface area contributed by atoms with Crippen molar-refractivity contribution >= 4 is 0 Å². The molecule has 0 aromatic heterocycles. The quantitative estimate of drug-likeness (QED) is 0.820. The average Bonchev–Trinajstić information content (AvgIpc) is 2.25. The molecule has 2 N–H and O–H groups in total. The van der Waals surface area contributed by atoms with Gasteiger partial charge in [0.2, 0.25) is 0 Å². The number of hydrogen-bond donors (Lipinski definition) is 2. The van der Waals surface area contributed by atoms with Crippen molar-refractivity contribution in [1.29, 1.82) is 0 Å². The van der Waals surface area contributed by atoms with Crippen molar-refractivity contribution in [2.45, 2.75) is 46.1 Å². The number of benzene rings is 1. The van der Waals surface area contributed by atoms with Crippen LogP contribution in [-0.2, 0) is 6.42 Å². The van der Waals surface area contributed by atoms with E-state index in [1.54, 1.807) is 12.1 Å². The van der Waals surface area contributed by atoms with Gasteiger partial charge >= 0.3 is 0 Å². The fourth-order valence-electron chi connectivity index (χ4n) is 1.66. The summed E-state index contributed by atoms with van der Waals surface area (Å²) < 4.78 is 0. The largest absolute Gasteiger partial charge is 0.508 e. The highest BCUT2D eigenvalue weighted by Gasteiger charge is 2.10.